The maximum atomic E-state index is 12.8. The van der Waals surface area contributed by atoms with Crippen LogP contribution in [-0.2, 0) is 23.9 Å². The molecular formula is C21H24N2O6. The van der Waals surface area contributed by atoms with Crippen LogP contribution < -0.4 is 10.1 Å². The molecule has 3 aliphatic rings. The second-order valence-corrected chi connectivity index (χ2v) is 8.00. The van der Waals surface area contributed by atoms with Gasteiger partial charge in [0.15, 0.2) is 6.61 Å². The van der Waals surface area contributed by atoms with E-state index in [0.29, 0.717) is 11.4 Å². The summed E-state index contributed by atoms with van der Waals surface area (Å²) in [6, 6.07) is 5.74. The molecule has 2 aliphatic carbocycles. The van der Waals surface area contributed by atoms with E-state index in [1.54, 1.807) is 24.3 Å². The van der Waals surface area contributed by atoms with Crippen molar-refractivity contribution in [3.8, 4) is 5.75 Å². The first-order chi connectivity index (χ1) is 13.9. The van der Waals surface area contributed by atoms with Crippen LogP contribution in [0.25, 0.3) is 0 Å². The third-order valence-electron chi connectivity index (χ3n) is 6.39. The van der Waals surface area contributed by atoms with Gasteiger partial charge in [0.25, 0.3) is 5.91 Å². The molecule has 1 aromatic rings. The van der Waals surface area contributed by atoms with Gasteiger partial charge in [-0.2, -0.15) is 0 Å². The van der Waals surface area contributed by atoms with Gasteiger partial charge in [0.05, 0.1) is 18.9 Å². The number of hydrogen-bond donors (Lipinski definition) is 1. The Labute approximate surface area is 168 Å². The van der Waals surface area contributed by atoms with Crippen LogP contribution in [0.5, 0.6) is 5.75 Å². The lowest BCUT2D eigenvalue weighted by atomic mass is 9.81. The Bertz CT molecular complexity index is 840. The van der Waals surface area contributed by atoms with Crippen molar-refractivity contribution in [2.45, 2.75) is 32.2 Å². The number of anilines is 1. The summed E-state index contributed by atoms with van der Waals surface area (Å²) in [5.74, 6) is -1.30. The molecule has 2 bridgehead atoms. The Balaban J connectivity index is 1.33. The predicted octanol–water partition coefficient (Wildman–Crippen LogP) is 1.60. The minimum atomic E-state index is -1.04. The summed E-state index contributed by atoms with van der Waals surface area (Å²) in [5, 5.41) is 2.61. The zero-order valence-electron chi connectivity index (χ0n) is 16.4. The largest absolute Gasteiger partial charge is 0.497 e. The van der Waals surface area contributed by atoms with E-state index in [1.165, 1.54) is 14.0 Å². The molecule has 8 heteroatoms. The van der Waals surface area contributed by atoms with Crippen LogP contribution in [0.15, 0.2) is 24.3 Å². The second kappa shape index (κ2) is 7.50. The topological polar surface area (TPSA) is 102 Å². The van der Waals surface area contributed by atoms with Crippen molar-refractivity contribution in [2.75, 3.05) is 19.0 Å². The molecule has 0 spiro atoms. The predicted molar refractivity (Wildman–Crippen MR) is 102 cm³/mol. The minimum Gasteiger partial charge on any atom is -0.497 e. The Morgan fingerprint density at radius 3 is 2.45 bits per heavy atom. The number of methoxy groups -OCH3 is 1. The fraction of sp³-hybridized carbons (Fsp3) is 0.524. The van der Waals surface area contributed by atoms with Gasteiger partial charge in [0.2, 0.25) is 11.8 Å². The van der Waals surface area contributed by atoms with E-state index in [0.717, 1.165) is 24.2 Å². The molecule has 3 amide bonds. The van der Waals surface area contributed by atoms with Gasteiger partial charge in [-0.25, -0.2) is 4.79 Å². The maximum absolute atomic E-state index is 12.8. The van der Waals surface area contributed by atoms with E-state index in [2.05, 4.69) is 5.32 Å². The van der Waals surface area contributed by atoms with Crippen LogP contribution in [0, 0.1) is 23.7 Å². The average Bonchev–Trinajstić information content (AvgIpc) is 3.39. The molecule has 4 rings (SSSR count). The normalized spacial score (nSPS) is 28.3. The number of fused-ring (bicyclic) bond motifs is 5. The van der Waals surface area contributed by atoms with E-state index in [4.69, 9.17) is 9.47 Å². The summed E-state index contributed by atoms with van der Waals surface area (Å²) < 4.78 is 10.2. The zero-order chi connectivity index (χ0) is 20.7. The molecule has 154 valence electrons. The van der Waals surface area contributed by atoms with E-state index in [-0.39, 0.29) is 35.5 Å². The highest BCUT2D eigenvalue weighted by Crippen LogP contribution is 2.56. The molecule has 3 fully saturated rings. The molecule has 1 heterocycles. The summed E-state index contributed by atoms with van der Waals surface area (Å²) in [5.41, 5.74) is 0.506. The van der Waals surface area contributed by atoms with Crippen molar-refractivity contribution >= 4 is 29.4 Å². The summed E-state index contributed by atoms with van der Waals surface area (Å²) >= 11 is 0. The van der Waals surface area contributed by atoms with Crippen LogP contribution >= 0.6 is 0 Å². The molecule has 8 nitrogen and oxygen atoms in total. The quantitative estimate of drug-likeness (QED) is 0.575. The van der Waals surface area contributed by atoms with Crippen molar-refractivity contribution in [1.29, 1.82) is 0 Å². The van der Waals surface area contributed by atoms with E-state index >= 15 is 0 Å². The maximum Gasteiger partial charge on any atom is 0.329 e. The van der Waals surface area contributed by atoms with Crippen molar-refractivity contribution < 1.29 is 28.7 Å². The van der Waals surface area contributed by atoms with Crippen LogP contribution in [-0.4, -0.2) is 48.3 Å². The first kappa shape index (κ1) is 19.4. The molecule has 0 aromatic heterocycles. The lowest BCUT2D eigenvalue weighted by molar-refractivity contribution is -0.159. The van der Waals surface area contributed by atoms with Crippen LogP contribution in [0.3, 0.4) is 0 Å². The van der Waals surface area contributed by atoms with Crippen molar-refractivity contribution in [2.24, 2.45) is 23.7 Å². The number of esters is 1. The number of rotatable bonds is 6. The Morgan fingerprint density at radius 1 is 1.17 bits per heavy atom. The van der Waals surface area contributed by atoms with Gasteiger partial charge in [-0.3, -0.25) is 19.3 Å². The number of nitrogens with zero attached hydrogens (tertiary/aromatic N) is 1. The van der Waals surface area contributed by atoms with Gasteiger partial charge < -0.3 is 14.8 Å². The number of imide groups is 1. The zero-order valence-corrected chi connectivity index (χ0v) is 16.4. The number of nitrogens with one attached hydrogen (secondary N) is 1. The van der Waals surface area contributed by atoms with Gasteiger partial charge in [-0.05, 0) is 50.2 Å². The highest BCUT2D eigenvalue weighted by molar-refractivity contribution is 6.08. The van der Waals surface area contributed by atoms with E-state index in [1.807, 2.05) is 0 Å². The Morgan fingerprint density at radius 2 is 1.83 bits per heavy atom. The van der Waals surface area contributed by atoms with E-state index in [9.17, 15) is 19.2 Å². The molecule has 5 atom stereocenters. The molecule has 29 heavy (non-hydrogen) atoms. The lowest BCUT2D eigenvalue weighted by Gasteiger charge is -2.23. The number of benzene rings is 1. The first-order valence-corrected chi connectivity index (χ1v) is 9.88. The van der Waals surface area contributed by atoms with Gasteiger partial charge in [0, 0.05) is 11.8 Å². The standard InChI is InChI=1S/C21H24N2O6/c1-11(23-19(25)17-12-6-7-13(8-12)18(17)20(23)26)21(27)29-10-16(24)22-14-4-3-5-15(9-14)28-2/h3-5,9,11-13,17-18H,6-8,10H2,1-2H3,(H,22,24)/t11-,12+,13+,17-,18+/m1/s1. The van der Waals surface area contributed by atoms with Crippen LogP contribution in [0.1, 0.15) is 26.2 Å². The number of carbonyl (C=O) groups excluding carboxylic acids is 4. The van der Waals surface area contributed by atoms with Gasteiger partial charge in [-0.1, -0.05) is 6.07 Å². The summed E-state index contributed by atoms with van der Waals surface area (Å²) in [7, 11) is 1.52. The van der Waals surface area contributed by atoms with Crippen molar-refractivity contribution in [3.63, 3.8) is 0 Å². The van der Waals surface area contributed by atoms with Crippen LogP contribution in [0.4, 0.5) is 5.69 Å². The second-order valence-electron chi connectivity index (χ2n) is 8.00. The van der Waals surface area contributed by atoms with Gasteiger partial charge in [-0.15, -0.1) is 0 Å². The molecule has 0 unspecified atom stereocenters. The third kappa shape index (κ3) is 3.36. The fourth-order valence-electron chi connectivity index (χ4n) is 5.07. The Hall–Kier alpha value is -2.90. The third-order valence-corrected chi connectivity index (χ3v) is 6.39. The molecular weight excluding hydrogens is 376 g/mol. The smallest absolute Gasteiger partial charge is 0.329 e. The van der Waals surface area contributed by atoms with E-state index < -0.39 is 24.5 Å². The van der Waals surface area contributed by atoms with Crippen molar-refractivity contribution in [1.82, 2.24) is 4.90 Å². The highest BCUT2D eigenvalue weighted by Gasteiger charge is 2.62. The monoisotopic (exact) mass is 400 g/mol. The summed E-state index contributed by atoms with van der Waals surface area (Å²) in [4.78, 5) is 51.1. The fourth-order valence-corrected chi connectivity index (χ4v) is 5.07. The van der Waals surface area contributed by atoms with Crippen molar-refractivity contribution in [3.05, 3.63) is 24.3 Å². The Kier molecular flexibility index (Phi) is 5.02. The number of likely N-dealkylation sites (tertiary alicyclic amines) is 1. The number of amides is 3. The number of carbonyl (C=O) groups is 4. The molecule has 2 saturated carbocycles. The molecule has 1 N–H and O–H groups in total. The van der Waals surface area contributed by atoms with Crippen LogP contribution in [0.2, 0.25) is 0 Å². The summed E-state index contributed by atoms with van der Waals surface area (Å²) in [6.45, 7) is 0.968. The summed E-state index contributed by atoms with van der Waals surface area (Å²) in [6.07, 6.45) is 2.88. The number of ether oxygens (including phenoxy) is 2. The average molecular weight is 400 g/mol. The highest BCUT2D eigenvalue weighted by atomic mass is 16.5. The van der Waals surface area contributed by atoms with Gasteiger partial charge >= 0.3 is 5.97 Å². The lowest BCUT2D eigenvalue weighted by Crippen LogP contribution is -2.45. The van der Waals surface area contributed by atoms with Gasteiger partial charge in [0.1, 0.15) is 11.8 Å². The molecule has 0 radical (unpaired) electrons. The minimum absolute atomic E-state index is 0.253. The SMILES string of the molecule is COc1cccc(NC(=O)COC(=O)[C@@H](C)N2C(=O)[C@@H]3[C@H]4CC[C@@H](C4)[C@@H]3C2=O)c1. The molecule has 1 aliphatic heterocycles. The number of hydrogen-bond acceptors (Lipinski definition) is 6. The first-order valence-electron chi connectivity index (χ1n) is 9.88. The molecule has 1 aromatic carbocycles. The molecule has 1 saturated heterocycles.